The first kappa shape index (κ1) is 19.7. The van der Waals surface area contributed by atoms with E-state index in [0.717, 1.165) is 33.8 Å². The molecule has 0 fully saturated rings. The summed E-state index contributed by atoms with van der Waals surface area (Å²) in [6, 6.07) is 13.2. The minimum absolute atomic E-state index is 0.189. The number of aromatic nitrogens is 3. The molecule has 1 aliphatic rings. The number of hydrogen-bond donors (Lipinski definition) is 2. The Bertz CT molecular complexity index is 1130. The fourth-order valence-corrected chi connectivity index (χ4v) is 3.74. The van der Waals surface area contributed by atoms with Crippen LogP contribution in [-0.2, 0) is 4.79 Å². The molecule has 7 nitrogen and oxygen atoms in total. The second-order valence-corrected chi connectivity index (χ2v) is 7.27. The molecule has 2 N–H and O–H groups in total. The average Bonchev–Trinajstić information content (AvgIpc) is 3.19. The van der Waals surface area contributed by atoms with Crippen LogP contribution < -0.4 is 15.4 Å². The van der Waals surface area contributed by atoms with Crippen LogP contribution in [-0.4, -0.2) is 27.3 Å². The Morgan fingerprint density at radius 1 is 1.17 bits per heavy atom. The third kappa shape index (κ3) is 3.43. The highest BCUT2D eigenvalue weighted by Gasteiger charge is 2.35. The summed E-state index contributed by atoms with van der Waals surface area (Å²) in [7, 11) is 0. The molecule has 4 rings (SSSR count). The molecule has 30 heavy (non-hydrogen) atoms. The third-order valence-corrected chi connectivity index (χ3v) is 5.41. The number of nitrogens with one attached hydrogen (secondary N) is 2. The molecule has 0 radical (unpaired) electrons. The van der Waals surface area contributed by atoms with E-state index in [0.29, 0.717) is 18.1 Å². The zero-order valence-corrected chi connectivity index (χ0v) is 17.6. The zero-order valence-electron chi connectivity index (χ0n) is 17.6. The lowest BCUT2D eigenvalue weighted by Crippen LogP contribution is -2.32. The lowest BCUT2D eigenvalue weighted by atomic mass is 9.94. The van der Waals surface area contributed by atoms with E-state index in [4.69, 9.17) is 4.74 Å². The van der Waals surface area contributed by atoms with Gasteiger partial charge in [-0.3, -0.25) is 4.79 Å². The molecule has 0 saturated carbocycles. The standard InChI is InChI=1S/C23H25N5O2/c1-5-30-19-12-7-6-10-17(19)21-20(16(4)26-23-24-13-25-28(21)23)22(29)27-18-11-8-9-14(2)15(18)3/h6-13,21H,5H2,1-4H3,(H,27,29)(H,24,25,26). The Hall–Kier alpha value is -3.61. The minimum Gasteiger partial charge on any atom is -0.494 e. The van der Waals surface area contributed by atoms with Crippen molar-refractivity contribution in [3.05, 3.63) is 76.8 Å². The van der Waals surface area contributed by atoms with E-state index in [2.05, 4.69) is 20.7 Å². The summed E-state index contributed by atoms with van der Waals surface area (Å²) >= 11 is 0. The largest absolute Gasteiger partial charge is 0.494 e. The van der Waals surface area contributed by atoms with Crippen molar-refractivity contribution < 1.29 is 9.53 Å². The molecule has 7 heteroatoms. The first-order valence-corrected chi connectivity index (χ1v) is 9.97. The van der Waals surface area contributed by atoms with Crippen LogP contribution in [0.1, 0.15) is 36.6 Å². The van der Waals surface area contributed by atoms with Gasteiger partial charge in [0.2, 0.25) is 5.95 Å². The number of rotatable bonds is 5. The first-order valence-electron chi connectivity index (χ1n) is 9.97. The zero-order chi connectivity index (χ0) is 21.3. The van der Waals surface area contributed by atoms with E-state index in [9.17, 15) is 4.79 Å². The number of carbonyl (C=O) groups is 1. The van der Waals surface area contributed by atoms with Crippen molar-refractivity contribution in [3.63, 3.8) is 0 Å². The SMILES string of the molecule is CCOc1ccccc1C1C(C(=O)Nc2cccc(C)c2C)=C(C)Nc2ncnn21. The maximum atomic E-state index is 13.5. The van der Waals surface area contributed by atoms with Gasteiger partial charge in [-0.05, 0) is 51.0 Å². The number of aryl methyl sites for hydroxylation is 1. The Labute approximate surface area is 175 Å². The second-order valence-electron chi connectivity index (χ2n) is 7.27. The highest BCUT2D eigenvalue weighted by atomic mass is 16.5. The fourth-order valence-electron chi connectivity index (χ4n) is 3.74. The van der Waals surface area contributed by atoms with Crippen LogP contribution >= 0.6 is 0 Å². The van der Waals surface area contributed by atoms with Crippen molar-refractivity contribution in [3.8, 4) is 5.75 Å². The van der Waals surface area contributed by atoms with Crippen LogP contribution in [0.4, 0.5) is 11.6 Å². The summed E-state index contributed by atoms with van der Waals surface area (Å²) in [5.74, 6) is 1.12. The number of carbonyl (C=O) groups excluding carboxylic acids is 1. The lowest BCUT2D eigenvalue weighted by molar-refractivity contribution is -0.113. The normalized spacial score (nSPS) is 15.4. The summed E-state index contributed by atoms with van der Waals surface area (Å²) in [6.07, 6.45) is 1.48. The molecule has 1 aliphatic heterocycles. The molecule has 1 amide bonds. The van der Waals surface area contributed by atoms with Gasteiger partial charge in [0.05, 0.1) is 12.2 Å². The lowest BCUT2D eigenvalue weighted by Gasteiger charge is -2.30. The molecule has 0 aliphatic carbocycles. The highest BCUT2D eigenvalue weighted by Crippen LogP contribution is 2.39. The van der Waals surface area contributed by atoms with Gasteiger partial charge in [-0.1, -0.05) is 30.3 Å². The number of para-hydroxylation sites is 1. The summed E-state index contributed by atoms with van der Waals surface area (Å²) in [5, 5.41) is 10.7. The number of benzene rings is 2. The predicted molar refractivity (Wildman–Crippen MR) is 117 cm³/mol. The molecule has 1 aromatic heterocycles. The number of hydrogen-bond acceptors (Lipinski definition) is 5. The van der Waals surface area contributed by atoms with E-state index in [1.807, 2.05) is 70.2 Å². The van der Waals surface area contributed by atoms with E-state index >= 15 is 0 Å². The van der Waals surface area contributed by atoms with Crippen molar-refractivity contribution in [2.24, 2.45) is 0 Å². The van der Waals surface area contributed by atoms with Gasteiger partial charge in [-0.2, -0.15) is 10.1 Å². The monoisotopic (exact) mass is 403 g/mol. The van der Waals surface area contributed by atoms with Crippen LogP contribution in [0.5, 0.6) is 5.75 Å². The summed E-state index contributed by atoms with van der Waals surface area (Å²) in [6.45, 7) is 8.38. The summed E-state index contributed by atoms with van der Waals surface area (Å²) in [4.78, 5) is 17.8. The third-order valence-electron chi connectivity index (χ3n) is 5.41. The number of anilines is 2. The minimum atomic E-state index is -0.461. The van der Waals surface area contributed by atoms with Crippen LogP contribution in [0, 0.1) is 13.8 Å². The van der Waals surface area contributed by atoms with E-state index in [-0.39, 0.29) is 5.91 Å². The maximum absolute atomic E-state index is 13.5. The molecule has 1 atom stereocenters. The number of nitrogens with zero attached hydrogens (tertiary/aromatic N) is 3. The van der Waals surface area contributed by atoms with Crippen LogP contribution in [0.3, 0.4) is 0 Å². The first-order chi connectivity index (χ1) is 14.5. The van der Waals surface area contributed by atoms with Gasteiger partial charge in [-0.25, -0.2) is 4.68 Å². The summed E-state index contributed by atoms with van der Waals surface area (Å²) in [5.41, 5.74) is 5.12. The maximum Gasteiger partial charge on any atom is 0.255 e. The Kier molecular flexibility index (Phi) is 5.27. The number of allylic oxidation sites excluding steroid dienone is 1. The van der Waals surface area contributed by atoms with E-state index in [1.165, 1.54) is 6.33 Å². The summed E-state index contributed by atoms with van der Waals surface area (Å²) < 4.78 is 7.59. The molecular formula is C23H25N5O2. The van der Waals surface area contributed by atoms with Crippen molar-refractivity contribution in [2.75, 3.05) is 17.2 Å². The second kappa shape index (κ2) is 8.02. The number of fused-ring (bicyclic) bond motifs is 1. The van der Waals surface area contributed by atoms with Gasteiger partial charge in [0.15, 0.2) is 0 Å². The van der Waals surface area contributed by atoms with Gasteiger partial charge in [0.1, 0.15) is 18.1 Å². The molecule has 0 bridgehead atoms. The Balaban J connectivity index is 1.80. The van der Waals surface area contributed by atoms with Gasteiger partial charge in [-0.15, -0.1) is 0 Å². The van der Waals surface area contributed by atoms with Crippen LogP contribution in [0.25, 0.3) is 0 Å². The van der Waals surface area contributed by atoms with Crippen LogP contribution in [0.15, 0.2) is 60.1 Å². The van der Waals surface area contributed by atoms with Crippen LogP contribution in [0.2, 0.25) is 0 Å². The van der Waals surface area contributed by atoms with Crippen molar-refractivity contribution >= 4 is 17.5 Å². The molecule has 1 unspecified atom stereocenters. The molecule has 2 heterocycles. The Morgan fingerprint density at radius 3 is 2.77 bits per heavy atom. The smallest absolute Gasteiger partial charge is 0.255 e. The van der Waals surface area contributed by atoms with E-state index in [1.54, 1.807) is 4.68 Å². The molecule has 3 aromatic rings. The fraction of sp³-hybridized carbons (Fsp3) is 0.261. The quantitative estimate of drug-likeness (QED) is 0.667. The predicted octanol–water partition coefficient (Wildman–Crippen LogP) is 4.22. The van der Waals surface area contributed by atoms with Gasteiger partial charge >= 0.3 is 0 Å². The number of ether oxygens (including phenoxy) is 1. The highest BCUT2D eigenvalue weighted by molar-refractivity contribution is 6.06. The van der Waals surface area contributed by atoms with Crippen molar-refractivity contribution in [1.29, 1.82) is 0 Å². The molecular weight excluding hydrogens is 378 g/mol. The van der Waals surface area contributed by atoms with Gasteiger partial charge in [0.25, 0.3) is 5.91 Å². The molecule has 154 valence electrons. The van der Waals surface area contributed by atoms with E-state index < -0.39 is 6.04 Å². The molecule has 0 spiro atoms. The average molecular weight is 403 g/mol. The topological polar surface area (TPSA) is 81.1 Å². The van der Waals surface area contributed by atoms with Crippen molar-refractivity contribution in [1.82, 2.24) is 14.8 Å². The number of amides is 1. The molecule has 0 saturated heterocycles. The Morgan fingerprint density at radius 2 is 1.97 bits per heavy atom. The van der Waals surface area contributed by atoms with Crippen molar-refractivity contribution in [2.45, 2.75) is 33.7 Å². The van der Waals surface area contributed by atoms with Gasteiger partial charge < -0.3 is 15.4 Å². The molecule has 2 aromatic carbocycles. The van der Waals surface area contributed by atoms with Gasteiger partial charge in [0, 0.05) is 16.9 Å².